The molecule has 1 saturated heterocycles. The van der Waals surface area contributed by atoms with Crippen LogP contribution in [0.2, 0.25) is 0 Å². The first kappa shape index (κ1) is 24.6. The number of anilines is 4. The maximum Gasteiger partial charge on any atom is 0.247 e. The molecule has 0 radical (unpaired) electrons. The van der Waals surface area contributed by atoms with Crippen molar-refractivity contribution in [2.45, 2.75) is 0 Å². The molecule has 5 rings (SSSR count). The number of nitrogens with zero attached hydrogens (tertiary/aromatic N) is 6. The van der Waals surface area contributed by atoms with Gasteiger partial charge < -0.3 is 20.6 Å². The fraction of sp³-hybridized carbons (Fsp3) is 0.280. The van der Waals surface area contributed by atoms with Gasteiger partial charge in [0.1, 0.15) is 11.0 Å². The Bertz CT molecular complexity index is 1320. The maximum atomic E-state index is 11.8. The number of hydrogen-bond donors (Lipinski definition) is 1. The van der Waals surface area contributed by atoms with Gasteiger partial charge in [0.25, 0.3) is 0 Å². The number of pyridine rings is 1. The monoisotopic (exact) mass is 495 g/mol. The van der Waals surface area contributed by atoms with E-state index in [1.165, 1.54) is 5.69 Å². The van der Waals surface area contributed by atoms with E-state index >= 15 is 0 Å². The fourth-order valence-corrected chi connectivity index (χ4v) is 4.58. The lowest BCUT2D eigenvalue weighted by Gasteiger charge is -2.34. The Morgan fingerprint density at radius 1 is 1.03 bits per heavy atom. The summed E-state index contributed by atoms with van der Waals surface area (Å²) in [5.41, 5.74) is 5.87. The first-order valence-electron chi connectivity index (χ1n) is 11.3. The molecule has 1 fully saturated rings. The molecule has 0 saturated carbocycles. The van der Waals surface area contributed by atoms with Gasteiger partial charge in [0.05, 0.1) is 0 Å². The minimum Gasteiger partial charge on any atom is -0.412 e. The van der Waals surface area contributed by atoms with Crippen LogP contribution >= 0.6 is 0 Å². The number of piperazine rings is 1. The maximum absolute atomic E-state index is 11.8. The first-order chi connectivity index (χ1) is 16.5. The quantitative estimate of drug-likeness (QED) is 0.441. The minimum absolute atomic E-state index is 0. The molecule has 1 unspecified atom stereocenters. The second kappa shape index (κ2) is 10.4. The normalized spacial score (nSPS) is 15.0. The van der Waals surface area contributed by atoms with E-state index in [0.29, 0.717) is 5.95 Å². The van der Waals surface area contributed by atoms with Crippen molar-refractivity contribution in [3.05, 3.63) is 66.9 Å². The number of likely N-dealkylation sites (N-methyl/N-ethyl adjacent to an activating group) is 1. The lowest BCUT2D eigenvalue weighted by Crippen LogP contribution is -2.44. The van der Waals surface area contributed by atoms with Crippen LogP contribution < -0.4 is 14.5 Å². The van der Waals surface area contributed by atoms with Crippen molar-refractivity contribution >= 4 is 39.6 Å². The Hall–Kier alpha value is -3.47. The predicted octanol–water partition coefficient (Wildman–Crippen LogP) is 3.04. The average Bonchev–Trinajstić information content (AvgIpc) is 3.27. The van der Waals surface area contributed by atoms with Crippen molar-refractivity contribution in [1.29, 1.82) is 0 Å². The van der Waals surface area contributed by atoms with Crippen LogP contribution in [0.3, 0.4) is 0 Å². The van der Waals surface area contributed by atoms with E-state index in [9.17, 15) is 4.21 Å². The molecule has 3 N–H and O–H groups in total. The van der Waals surface area contributed by atoms with Gasteiger partial charge in [-0.3, -0.25) is 4.31 Å². The molecule has 2 aromatic heterocycles. The van der Waals surface area contributed by atoms with Crippen LogP contribution in [0, 0.1) is 0 Å². The van der Waals surface area contributed by atoms with Crippen molar-refractivity contribution in [1.82, 2.24) is 19.5 Å². The molecular weight excluding hydrogens is 462 g/mol. The van der Waals surface area contributed by atoms with Gasteiger partial charge in [-0.2, -0.15) is 4.98 Å². The molecule has 1 aliphatic rings. The molecule has 1 aliphatic heterocycles. The van der Waals surface area contributed by atoms with Crippen LogP contribution in [0.5, 0.6) is 0 Å². The van der Waals surface area contributed by atoms with Crippen LogP contribution in [0.4, 0.5) is 23.0 Å². The molecule has 186 valence electrons. The van der Waals surface area contributed by atoms with Gasteiger partial charge >= 0.3 is 0 Å². The minimum atomic E-state index is -1.06. The summed E-state index contributed by atoms with van der Waals surface area (Å²) in [4.78, 5) is 9.55. The Balaban J connectivity index is 0.00000180. The topological polar surface area (TPSA) is 101 Å². The zero-order valence-corrected chi connectivity index (χ0v) is 21.0. The number of fused-ring (bicyclic) bond motifs is 1. The molecule has 0 bridgehead atoms. The number of aromatic nitrogens is 3. The fourth-order valence-electron chi connectivity index (χ4n) is 4.16. The summed E-state index contributed by atoms with van der Waals surface area (Å²) in [6, 6.07) is 20.4. The first-order valence-corrected chi connectivity index (χ1v) is 12.8. The highest BCUT2D eigenvalue weighted by Gasteiger charge is 2.15. The van der Waals surface area contributed by atoms with Gasteiger partial charge in [-0.15, -0.1) is 5.10 Å². The van der Waals surface area contributed by atoms with Crippen LogP contribution in [-0.4, -0.2) is 75.7 Å². The van der Waals surface area contributed by atoms with Gasteiger partial charge in [-0.05, 0) is 55.1 Å². The lowest BCUT2D eigenvalue weighted by atomic mass is 10.1. The summed E-state index contributed by atoms with van der Waals surface area (Å²) in [6.07, 6.45) is 3.57. The molecule has 2 aromatic carbocycles. The molecule has 1 atom stereocenters. The van der Waals surface area contributed by atoms with E-state index in [4.69, 9.17) is 4.98 Å². The Labute approximate surface area is 209 Å². The van der Waals surface area contributed by atoms with Crippen LogP contribution in [0.25, 0.3) is 16.8 Å². The molecule has 0 aliphatic carbocycles. The SMILES string of the molecule is CN1CCN(c2cccc(Nc3nc4c(-c5ccc(N(C)S(C)=O)cc5)cccn4n3)c2)CC1.O.[HH]. The Morgan fingerprint density at radius 2 is 1.77 bits per heavy atom. The van der Waals surface area contributed by atoms with E-state index < -0.39 is 11.0 Å². The largest absolute Gasteiger partial charge is 0.412 e. The standard InChI is InChI=1S/C25H29N7OS.H2O.H2/c1-29-14-16-31(17-15-29)22-7-4-6-20(18-22)26-25-27-24-23(8-5-13-32(24)28-25)19-9-11-21(12-10-19)30(2)34(3)33;;/h4-13,18H,14-17H2,1-3H3,(H,26,28);1H2;1H. The van der Waals surface area contributed by atoms with Crippen molar-refractivity contribution in [2.75, 3.05) is 61.1 Å². The van der Waals surface area contributed by atoms with E-state index in [1.54, 1.807) is 15.1 Å². The van der Waals surface area contributed by atoms with Crippen molar-refractivity contribution in [2.24, 2.45) is 0 Å². The highest BCUT2D eigenvalue weighted by molar-refractivity contribution is 7.85. The van der Waals surface area contributed by atoms with E-state index in [1.807, 2.05) is 55.7 Å². The summed E-state index contributed by atoms with van der Waals surface area (Å²) in [7, 11) is 2.92. The molecular formula is C25H33N7O2S. The summed E-state index contributed by atoms with van der Waals surface area (Å²) in [6.45, 7) is 4.20. The van der Waals surface area contributed by atoms with Crippen LogP contribution in [0.15, 0.2) is 66.9 Å². The Kier molecular flexibility index (Phi) is 7.34. The molecule has 0 amide bonds. The zero-order valence-electron chi connectivity index (χ0n) is 20.2. The van der Waals surface area contributed by atoms with Crippen molar-refractivity contribution in [3.63, 3.8) is 0 Å². The van der Waals surface area contributed by atoms with E-state index in [0.717, 1.165) is 54.3 Å². The summed E-state index contributed by atoms with van der Waals surface area (Å²) < 4.78 is 15.3. The van der Waals surface area contributed by atoms with E-state index in [2.05, 4.69) is 45.5 Å². The second-order valence-corrected chi connectivity index (χ2v) is 9.95. The smallest absolute Gasteiger partial charge is 0.247 e. The molecule has 35 heavy (non-hydrogen) atoms. The third-order valence-corrected chi connectivity index (χ3v) is 7.24. The van der Waals surface area contributed by atoms with Gasteiger partial charge in [-0.25, -0.2) is 8.72 Å². The summed E-state index contributed by atoms with van der Waals surface area (Å²) in [5, 5.41) is 8.02. The zero-order chi connectivity index (χ0) is 23.7. The van der Waals surface area contributed by atoms with Gasteiger partial charge in [0.2, 0.25) is 5.95 Å². The number of nitrogens with one attached hydrogen (secondary N) is 1. The number of benzene rings is 2. The highest BCUT2D eigenvalue weighted by atomic mass is 32.2. The van der Waals surface area contributed by atoms with Crippen LogP contribution in [0.1, 0.15) is 1.43 Å². The predicted molar refractivity (Wildman–Crippen MR) is 146 cm³/mol. The lowest BCUT2D eigenvalue weighted by molar-refractivity contribution is 0.313. The molecule has 0 spiro atoms. The third-order valence-electron chi connectivity index (χ3n) is 6.26. The summed E-state index contributed by atoms with van der Waals surface area (Å²) in [5.74, 6) is 0.556. The average molecular weight is 496 g/mol. The van der Waals surface area contributed by atoms with Gasteiger partial charge in [0.15, 0.2) is 5.65 Å². The van der Waals surface area contributed by atoms with Gasteiger partial charge in [-0.1, -0.05) is 18.2 Å². The molecule has 10 heteroatoms. The van der Waals surface area contributed by atoms with E-state index in [-0.39, 0.29) is 6.90 Å². The second-order valence-electron chi connectivity index (χ2n) is 8.56. The molecule has 3 heterocycles. The number of rotatable bonds is 6. The molecule has 4 aromatic rings. The molecule has 9 nitrogen and oxygen atoms in total. The third kappa shape index (κ3) is 5.29. The Morgan fingerprint density at radius 3 is 2.49 bits per heavy atom. The summed E-state index contributed by atoms with van der Waals surface area (Å²) >= 11 is 0. The van der Waals surface area contributed by atoms with Crippen LogP contribution in [-0.2, 0) is 11.0 Å². The number of hydrogen-bond acceptors (Lipinski definition) is 6. The highest BCUT2D eigenvalue weighted by Crippen LogP contribution is 2.28. The van der Waals surface area contributed by atoms with Gasteiger partial charge in [0, 0.05) is 69.7 Å². The van der Waals surface area contributed by atoms with Crippen molar-refractivity contribution < 1.29 is 11.1 Å². The van der Waals surface area contributed by atoms with Crippen molar-refractivity contribution in [3.8, 4) is 11.1 Å².